The fourth-order valence-electron chi connectivity index (χ4n) is 2.48. The van der Waals surface area contributed by atoms with Crippen molar-refractivity contribution in [2.75, 3.05) is 18.0 Å². The molecule has 0 radical (unpaired) electrons. The molecule has 0 spiro atoms. The molecule has 0 aromatic carbocycles. The second kappa shape index (κ2) is 4.44. The van der Waals surface area contributed by atoms with Crippen LogP contribution in [-0.2, 0) is 4.79 Å². The predicted molar refractivity (Wildman–Crippen MR) is 66.6 cm³/mol. The van der Waals surface area contributed by atoms with E-state index in [-0.39, 0.29) is 11.5 Å². The van der Waals surface area contributed by atoms with Crippen molar-refractivity contribution in [2.45, 2.75) is 20.3 Å². The number of aliphatic carboxylic acids is 1. The van der Waals surface area contributed by atoms with E-state index in [1.54, 1.807) is 4.90 Å². The molecule has 6 nitrogen and oxygen atoms in total. The van der Waals surface area contributed by atoms with Crippen molar-refractivity contribution >= 4 is 11.8 Å². The molecule has 1 aliphatic rings. The SMILES string of the molecule is CC(C)C1(C(=O)O)CCN(c2ncc[nH]c2=O)C1. The van der Waals surface area contributed by atoms with Gasteiger partial charge in [0.1, 0.15) is 0 Å². The molecule has 0 bridgehead atoms. The highest BCUT2D eigenvalue weighted by atomic mass is 16.4. The molecule has 0 saturated carbocycles. The lowest BCUT2D eigenvalue weighted by molar-refractivity contribution is -0.150. The first kappa shape index (κ1) is 12.6. The fourth-order valence-corrected chi connectivity index (χ4v) is 2.48. The van der Waals surface area contributed by atoms with Crippen molar-refractivity contribution in [3.05, 3.63) is 22.7 Å². The summed E-state index contributed by atoms with van der Waals surface area (Å²) in [6.07, 6.45) is 3.51. The molecule has 1 aromatic heterocycles. The Morgan fingerprint density at radius 1 is 1.61 bits per heavy atom. The molecule has 6 heteroatoms. The Hall–Kier alpha value is -1.85. The molecule has 1 saturated heterocycles. The van der Waals surface area contributed by atoms with Crippen LogP contribution in [0.1, 0.15) is 20.3 Å². The molecule has 1 aromatic rings. The Morgan fingerprint density at radius 3 is 2.83 bits per heavy atom. The van der Waals surface area contributed by atoms with Crippen LogP contribution in [0.4, 0.5) is 5.82 Å². The van der Waals surface area contributed by atoms with Crippen molar-refractivity contribution in [1.82, 2.24) is 9.97 Å². The second-order valence-electron chi connectivity index (χ2n) is 5.03. The Morgan fingerprint density at radius 2 is 2.33 bits per heavy atom. The highest BCUT2D eigenvalue weighted by Crippen LogP contribution is 2.38. The van der Waals surface area contributed by atoms with Crippen LogP contribution < -0.4 is 10.5 Å². The number of aromatic nitrogens is 2. The van der Waals surface area contributed by atoms with Gasteiger partial charge in [-0.3, -0.25) is 9.59 Å². The summed E-state index contributed by atoms with van der Waals surface area (Å²) < 4.78 is 0. The summed E-state index contributed by atoms with van der Waals surface area (Å²) in [7, 11) is 0. The van der Waals surface area contributed by atoms with E-state index in [2.05, 4.69) is 9.97 Å². The van der Waals surface area contributed by atoms with Crippen LogP contribution in [0.5, 0.6) is 0 Å². The van der Waals surface area contributed by atoms with Crippen LogP contribution in [0.25, 0.3) is 0 Å². The zero-order valence-corrected chi connectivity index (χ0v) is 10.5. The highest BCUT2D eigenvalue weighted by Gasteiger charge is 2.47. The minimum Gasteiger partial charge on any atom is -0.481 e. The van der Waals surface area contributed by atoms with E-state index < -0.39 is 11.4 Å². The van der Waals surface area contributed by atoms with E-state index in [1.165, 1.54) is 12.4 Å². The number of nitrogens with zero attached hydrogens (tertiary/aromatic N) is 2. The summed E-state index contributed by atoms with van der Waals surface area (Å²) in [4.78, 5) is 31.5. The normalized spacial score (nSPS) is 23.6. The number of carbonyl (C=O) groups is 1. The molecule has 2 N–H and O–H groups in total. The van der Waals surface area contributed by atoms with Gasteiger partial charge in [0, 0.05) is 25.5 Å². The summed E-state index contributed by atoms with van der Waals surface area (Å²) in [6.45, 7) is 4.69. The average molecular weight is 251 g/mol. The quantitative estimate of drug-likeness (QED) is 0.826. The number of carboxylic acids is 1. The van der Waals surface area contributed by atoms with Gasteiger partial charge in [0.05, 0.1) is 5.41 Å². The largest absolute Gasteiger partial charge is 0.481 e. The summed E-state index contributed by atoms with van der Waals surface area (Å²) in [6, 6.07) is 0. The molecule has 2 heterocycles. The van der Waals surface area contributed by atoms with E-state index >= 15 is 0 Å². The molecule has 1 atom stereocenters. The van der Waals surface area contributed by atoms with Crippen molar-refractivity contribution in [3.8, 4) is 0 Å². The van der Waals surface area contributed by atoms with Gasteiger partial charge in [0.15, 0.2) is 5.82 Å². The van der Waals surface area contributed by atoms with Gasteiger partial charge in [0.25, 0.3) is 5.56 Å². The van der Waals surface area contributed by atoms with Gasteiger partial charge < -0.3 is 15.0 Å². The zero-order valence-electron chi connectivity index (χ0n) is 10.5. The lowest BCUT2D eigenvalue weighted by Crippen LogP contribution is -2.40. The second-order valence-corrected chi connectivity index (χ2v) is 5.03. The fraction of sp³-hybridized carbons (Fsp3) is 0.583. The smallest absolute Gasteiger partial charge is 0.311 e. The molecule has 1 aliphatic heterocycles. The van der Waals surface area contributed by atoms with Crippen LogP contribution in [0.15, 0.2) is 17.2 Å². The Balaban J connectivity index is 2.30. The molecule has 18 heavy (non-hydrogen) atoms. The first-order valence-corrected chi connectivity index (χ1v) is 5.99. The number of hydrogen-bond acceptors (Lipinski definition) is 4. The maximum absolute atomic E-state index is 11.6. The van der Waals surface area contributed by atoms with Crippen molar-refractivity contribution in [2.24, 2.45) is 11.3 Å². The van der Waals surface area contributed by atoms with Gasteiger partial charge in [-0.05, 0) is 12.3 Å². The third-order valence-corrected chi connectivity index (χ3v) is 3.82. The number of H-pyrrole nitrogens is 1. The summed E-state index contributed by atoms with van der Waals surface area (Å²) in [5, 5.41) is 9.44. The van der Waals surface area contributed by atoms with Gasteiger partial charge in [0.2, 0.25) is 0 Å². The summed E-state index contributed by atoms with van der Waals surface area (Å²) in [5.41, 5.74) is -1.06. The third-order valence-electron chi connectivity index (χ3n) is 3.82. The standard InChI is InChI=1S/C12H17N3O3/c1-8(2)12(11(17)18)3-6-15(7-12)9-10(16)14-5-4-13-9/h4-5,8H,3,6-7H2,1-2H3,(H,14,16)(H,17,18). The van der Waals surface area contributed by atoms with Gasteiger partial charge in [-0.1, -0.05) is 13.8 Å². The first-order chi connectivity index (χ1) is 8.47. The minimum atomic E-state index is -0.799. The monoisotopic (exact) mass is 251 g/mol. The lowest BCUT2D eigenvalue weighted by atomic mass is 9.76. The molecule has 0 aliphatic carbocycles. The Bertz CT molecular complexity index is 511. The van der Waals surface area contributed by atoms with E-state index in [9.17, 15) is 14.7 Å². The highest BCUT2D eigenvalue weighted by molar-refractivity contribution is 5.77. The number of nitrogens with one attached hydrogen (secondary N) is 1. The van der Waals surface area contributed by atoms with Gasteiger partial charge in [-0.15, -0.1) is 0 Å². The summed E-state index contributed by atoms with van der Waals surface area (Å²) in [5.74, 6) is -0.476. The third kappa shape index (κ3) is 1.87. The molecule has 1 fully saturated rings. The molecular weight excluding hydrogens is 234 g/mol. The first-order valence-electron chi connectivity index (χ1n) is 5.99. The van der Waals surface area contributed by atoms with Crippen LogP contribution in [-0.4, -0.2) is 34.1 Å². The van der Waals surface area contributed by atoms with Crippen LogP contribution in [0.3, 0.4) is 0 Å². The number of rotatable bonds is 3. The van der Waals surface area contributed by atoms with E-state index in [1.807, 2.05) is 13.8 Å². The molecule has 98 valence electrons. The Labute approximate surface area is 105 Å². The van der Waals surface area contributed by atoms with Crippen molar-refractivity contribution in [1.29, 1.82) is 0 Å². The molecular formula is C12H17N3O3. The number of anilines is 1. The van der Waals surface area contributed by atoms with E-state index in [0.717, 1.165) is 0 Å². The summed E-state index contributed by atoms with van der Waals surface area (Å²) >= 11 is 0. The van der Waals surface area contributed by atoms with E-state index in [4.69, 9.17) is 0 Å². The average Bonchev–Trinajstić information content (AvgIpc) is 2.75. The lowest BCUT2D eigenvalue weighted by Gasteiger charge is -2.28. The van der Waals surface area contributed by atoms with E-state index in [0.29, 0.717) is 25.3 Å². The maximum Gasteiger partial charge on any atom is 0.311 e. The van der Waals surface area contributed by atoms with Crippen molar-refractivity contribution < 1.29 is 9.90 Å². The van der Waals surface area contributed by atoms with Crippen LogP contribution in [0.2, 0.25) is 0 Å². The van der Waals surface area contributed by atoms with Gasteiger partial charge in [-0.25, -0.2) is 4.98 Å². The van der Waals surface area contributed by atoms with Gasteiger partial charge in [-0.2, -0.15) is 0 Å². The van der Waals surface area contributed by atoms with Crippen LogP contribution in [0, 0.1) is 11.3 Å². The maximum atomic E-state index is 11.6. The molecule has 0 amide bonds. The number of hydrogen-bond donors (Lipinski definition) is 2. The van der Waals surface area contributed by atoms with Gasteiger partial charge >= 0.3 is 5.97 Å². The minimum absolute atomic E-state index is 0.0165. The number of carboxylic acid groups (broad SMARTS) is 1. The van der Waals surface area contributed by atoms with Crippen LogP contribution >= 0.6 is 0 Å². The Kier molecular flexibility index (Phi) is 3.11. The number of aromatic amines is 1. The molecule has 1 unspecified atom stereocenters. The predicted octanol–water partition coefficient (Wildman–Crippen LogP) is 0.707. The zero-order chi connectivity index (χ0) is 13.3. The topological polar surface area (TPSA) is 86.3 Å². The van der Waals surface area contributed by atoms with Crippen molar-refractivity contribution in [3.63, 3.8) is 0 Å². The molecule has 2 rings (SSSR count).